The van der Waals surface area contributed by atoms with E-state index in [9.17, 15) is 14.4 Å². The highest BCUT2D eigenvalue weighted by atomic mass is 16.6. The molecule has 0 aromatic rings. The lowest BCUT2D eigenvalue weighted by Gasteiger charge is -2.18. The number of carbonyl (C=O) groups excluding carboxylic acids is 3. The van der Waals surface area contributed by atoms with E-state index in [-0.39, 0.29) is 37.5 Å². The Balaban J connectivity index is 4.47. The number of unbranched alkanes of at least 4 members (excludes halogenated alkanes) is 25. The molecule has 0 amide bonds. The molecular weight excluding hydrogens is 829 g/mol. The van der Waals surface area contributed by atoms with Crippen LogP contribution in [-0.2, 0) is 28.6 Å². The van der Waals surface area contributed by atoms with Gasteiger partial charge in [0, 0.05) is 19.3 Å². The van der Waals surface area contributed by atoms with E-state index >= 15 is 0 Å². The van der Waals surface area contributed by atoms with Crippen LogP contribution in [0.1, 0.15) is 265 Å². The largest absolute Gasteiger partial charge is 0.462 e. The molecule has 0 aromatic heterocycles. The molecule has 0 heterocycles. The minimum Gasteiger partial charge on any atom is -0.462 e. The summed E-state index contributed by atoms with van der Waals surface area (Å²) in [6.07, 6.45) is 71.4. The molecule has 0 bridgehead atoms. The van der Waals surface area contributed by atoms with Crippen molar-refractivity contribution in [3.05, 3.63) is 85.1 Å². The number of hydrogen-bond acceptors (Lipinski definition) is 6. The number of allylic oxidation sites excluding steroid dienone is 14. The smallest absolute Gasteiger partial charge is 0.306 e. The molecule has 384 valence electrons. The zero-order chi connectivity index (χ0) is 48.6. The van der Waals surface area contributed by atoms with Gasteiger partial charge in [0.1, 0.15) is 13.2 Å². The summed E-state index contributed by atoms with van der Waals surface area (Å²) < 4.78 is 16.8. The van der Waals surface area contributed by atoms with Crippen molar-refractivity contribution in [3.8, 4) is 0 Å². The van der Waals surface area contributed by atoms with Crippen LogP contribution in [0.2, 0.25) is 0 Å². The number of hydrogen-bond donors (Lipinski definition) is 0. The fraction of sp³-hybridized carbons (Fsp3) is 0.721. The monoisotopic (exact) mass is 933 g/mol. The summed E-state index contributed by atoms with van der Waals surface area (Å²) in [4.78, 5) is 38.1. The first kappa shape index (κ1) is 63.6. The van der Waals surface area contributed by atoms with Gasteiger partial charge in [-0.2, -0.15) is 0 Å². The molecule has 0 aliphatic heterocycles. The number of rotatable bonds is 50. The van der Waals surface area contributed by atoms with Crippen LogP contribution in [0.3, 0.4) is 0 Å². The van der Waals surface area contributed by atoms with Gasteiger partial charge in [0.15, 0.2) is 6.10 Å². The highest BCUT2D eigenvalue weighted by molar-refractivity contribution is 5.71. The Labute approximate surface area is 414 Å². The topological polar surface area (TPSA) is 78.9 Å². The van der Waals surface area contributed by atoms with Crippen molar-refractivity contribution in [2.24, 2.45) is 0 Å². The first-order chi connectivity index (χ1) is 33.0. The molecule has 6 nitrogen and oxygen atoms in total. The molecule has 0 aliphatic rings. The van der Waals surface area contributed by atoms with Crippen molar-refractivity contribution < 1.29 is 28.6 Å². The fourth-order valence-electron chi connectivity index (χ4n) is 7.68. The molecule has 0 fully saturated rings. The van der Waals surface area contributed by atoms with Gasteiger partial charge >= 0.3 is 17.9 Å². The predicted octanol–water partition coefficient (Wildman–Crippen LogP) is 18.8. The molecule has 0 aromatic carbocycles. The molecule has 0 rings (SSSR count). The average Bonchev–Trinajstić information content (AvgIpc) is 3.33. The van der Waals surface area contributed by atoms with Gasteiger partial charge in [-0.15, -0.1) is 0 Å². The zero-order valence-electron chi connectivity index (χ0n) is 43.9. The number of carbonyl (C=O) groups is 3. The Morgan fingerprint density at radius 1 is 0.313 bits per heavy atom. The standard InChI is InChI=1S/C61H104O6/c1-4-7-10-13-16-19-22-25-28-30-33-35-38-41-44-47-50-53-59(62)65-56-58(67-61(64)55-52-49-46-43-40-37-32-27-24-21-18-15-12-9-6-3)57-66-60(63)54-51-48-45-42-39-36-34-31-29-26-23-20-17-14-11-8-5-2/h7,10,16-17,19-20,25-26,28-29,33,35,41,44,58H,4-6,8-9,11-15,18,21-24,27,30-32,34,36-40,42-43,45-57H2,1-3H3/b10-7-,19-16-,20-17-,28-25-,29-26-,35-33-,44-41-/t58-/m1/s1. The van der Waals surface area contributed by atoms with E-state index in [4.69, 9.17) is 14.2 Å². The van der Waals surface area contributed by atoms with E-state index in [0.717, 1.165) is 89.9 Å². The summed E-state index contributed by atoms with van der Waals surface area (Å²) in [5, 5.41) is 0. The Bertz CT molecular complexity index is 1300. The van der Waals surface area contributed by atoms with Crippen LogP contribution in [0.25, 0.3) is 0 Å². The van der Waals surface area contributed by atoms with Crippen LogP contribution in [0.5, 0.6) is 0 Å². The van der Waals surface area contributed by atoms with Gasteiger partial charge in [0.25, 0.3) is 0 Å². The molecule has 0 N–H and O–H groups in total. The second-order valence-electron chi connectivity index (χ2n) is 18.5. The van der Waals surface area contributed by atoms with Crippen molar-refractivity contribution in [1.82, 2.24) is 0 Å². The maximum Gasteiger partial charge on any atom is 0.306 e. The van der Waals surface area contributed by atoms with E-state index in [2.05, 4.69) is 106 Å². The first-order valence-corrected chi connectivity index (χ1v) is 28.1. The van der Waals surface area contributed by atoms with Crippen LogP contribution >= 0.6 is 0 Å². The van der Waals surface area contributed by atoms with Crippen LogP contribution in [-0.4, -0.2) is 37.2 Å². The van der Waals surface area contributed by atoms with Gasteiger partial charge in [-0.05, 0) is 89.9 Å². The van der Waals surface area contributed by atoms with Gasteiger partial charge in [0.2, 0.25) is 0 Å². The highest BCUT2D eigenvalue weighted by Gasteiger charge is 2.19. The molecule has 0 radical (unpaired) electrons. The molecule has 0 aliphatic carbocycles. The zero-order valence-corrected chi connectivity index (χ0v) is 43.9. The molecule has 0 saturated heterocycles. The summed E-state index contributed by atoms with van der Waals surface area (Å²) in [6.45, 7) is 6.46. The van der Waals surface area contributed by atoms with E-state index in [1.165, 1.54) is 128 Å². The molecular formula is C61H104O6. The van der Waals surface area contributed by atoms with E-state index < -0.39 is 6.10 Å². The van der Waals surface area contributed by atoms with Gasteiger partial charge in [-0.3, -0.25) is 14.4 Å². The van der Waals surface area contributed by atoms with E-state index in [1.54, 1.807) is 0 Å². The Hall–Kier alpha value is -3.41. The quantitative estimate of drug-likeness (QED) is 0.0262. The summed E-state index contributed by atoms with van der Waals surface area (Å²) >= 11 is 0. The minimum atomic E-state index is -0.801. The third-order valence-electron chi connectivity index (χ3n) is 11.9. The lowest BCUT2D eigenvalue weighted by atomic mass is 10.0. The lowest BCUT2D eigenvalue weighted by Crippen LogP contribution is -2.30. The van der Waals surface area contributed by atoms with Crippen molar-refractivity contribution in [1.29, 1.82) is 0 Å². The lowest BCUT2D eigenvalue weighted by molar-refractivity contribution is -0.167. The average molecular weight is 933 g/mol. The van der Waals surface area contributed by atoms with E-state index in [0.29, 0.717) is 19.3 Å². The second-order valence-corrected chi connectivity index (χ2v) is 18.5. The maximum atomic E-state index is 12.8. The van der Waals surface area contributed by atoms with Crippen molar-refractivity contribution in [2.75, 3.05) is 13.2 Å². The van der Waals surface area contributed by atoms with Gasteiger partial charge in [0.05, 0.1) is 0 Å². The maximum absolute atomic E-state index is 12.8. The molecule has 67 heavy (non-hydrogen) atoms. The Morgan fingerprint density at radius 2 is 0.597 bits per heavy atom. The predicted molar refractivity (Wildman–Crippen MR) is 288 cm³/mol. The van der Waals surface area contributed by atoms with Gasteiger partial charge in [-0.25, -0.2) is 0 Å². The van der Waals surface area contributed by atoms with Crippen LogP contribution in [0, 0.1) is 0 Å². The molecule has 1 atom stereocenters. The van der Waals surface area contributed by atoms with Crippen molar-refractivity contribution >= 4 is 17.9 Å². The fourth-order valence-corrected chi connectivity index (χ4v) is 7.68. The van der Waals surface area contributed by atoms with Crippen LogP contribution < -0.4 is 0 Å². The van der Waals surface area contributed by atoms with Crippen LogP contribution in [0.4, 0.5) is 0 Å². The van der Waals surface area contributed by atoms with E-state index in [1.807, 2.05) is 0 Å². The van der Waals surface area contributed by atoms with Crippen LogP contribution in [0.15, 0.2) is 85.1 Å². The van der Waals surface area contributed by atoms with Crippen molar-refractivity contribution in [3.63, 3.8) is 0 Å². The first-order valence-electron chi connectivity index (χ1n) is 28.1. The summed E-state index contributed by atoms with van der Waals surface area (Å²) in [5.74, 6) is -0.958. The number of esters is 3. The number of ether oxygens (including phenoxy) is 3. The third kappa shape index (κ3) is 53.4. The summed E-state index contributed by atoms with van der Waals surface area (Å²) in [7, 11) is 0. The molecule has 0 saturated carbocycles. The molecule has 0 unspecified atom stereocenters. The SMILES string of the molecule is CC/C=C\C/C=C\C/C=C\C/C=C\C/C=C\CCCC(=O)OC[C@H](COC(=O)CCCCCCCCC/C=C\C/C=C\CCCCC)OC(=O)CCCCCCCCCCCCCCCCC. The Kier molecular flexibility index (Phi) is 52.4. The normalized spacial score (nSPS) is 12.7. The Morgan fingerprint density at radius 3 is 1.00 bits per heavy atom. The van der Waals surface area contributed by atoms with Crippen molar-refractivity contribution in [2.45, 2.75) is 271 Å². The second kappa shape index (κ2) is 55.2. The van der Waals surface area contributed by atoms with Gasteiger partial charge < -0.3 is 14.2 Å². The summed E-state index contributed by atoms with van der Waals surface area (Å²) in [5.41, 5.74) is 0. The summed E-state index contributed by atoms with van der Waals surface area (Å²) in [6, 6.07) is 0. The third-order valence-corrected chi connectivity index (χ3v) is 11.9. The highest BCUT2D eigenvalue weighted by Crippen LogP contribution is 2.15. The minimum absolute atomic E-state index is 0.0968. The molecule has 6 heteroatoms. The van der Waals surface area contributed by atoms with Gasteiger partial charge in [-0.1, -0.05) is 241 Å². The molecule has 0 spiro atoms.